The third-order valence-corrected chi connectivity index (χ3v) is 2.32. The highest BCUT2D eigenvalue weighted by atomic mass is 15.5. The van der Waals surface area contributed by atoms with E-state index in [4.69, 9.17) is 0 Å². The predicted molar refractivity (Wildman–Crippen MR) is 61.0 cm³/mol. The van der Waals surface area contributed by atoms with Crippen molar-refractivity contribution in [3.63, 3.8) is 0 Å². The molecule has 0 spiro atoms. The van der Waals surface area contributed by atoms with Crippen molar-refractivity contribution in [2.45, 2.75) is 0 Å². The van der Waals surface area contributed by atoms with Crippen molar-refractivity contribution in [2.75, 3.05) is 19.1 Å². The summed E-state index contributed by atoms with van der Waals surface area (Å²) in [7, 11) is 3.86. The maximum atomic E-state index is 4.19. The van der Waals surface area contributed by atoms with Crippen LogP contribution in [0.2, 0.25) is 0 Å². The fourth-order valence-corrected chi connectivity index (χ4v) is 1.39. The van der Waals surface area contributed by atoms with Crippen LogP contribution >= 0.6 is 0 Å². The van der Waals surface area contributed by atoms with Gasteiger partial charge in [-0.05, 0) is 24.3 Å². The van der Waals surface area contributed by atoms with Crippen molar-refractivity contribution in [1.29, 1.82) is 0 Å². The van der Waals surface area contributed by atoms with Crippen molar-refractivity contribution in [1.82, 2.24) is 15.2 Å². The first-order valence-electron chi connectivity index (χ1n) is 4.82. The largest absolute Gasteiger partial charge is 0.312 e. The molecular weight excluding hydrogens is 188 g/mol. The van der Waals surface area contributed by atoms with Crippen LogP contribution in [0.4, 0.5) is 5.69 Å². The average Bonchev–Trinajstić information content (AvgIpc) is 2.82. The molecule has 0 aliphatic heterocycles. The second-order valence-corrected chi connectivity index (χ2v) is 3.25. The molecule has 0 bridgehead atoms. The summed E-state index contributed by atoms with van der Waals surface area (Å²) >= 11 is 0. The summed E-state index contributed by atoms with van der Waals surface area (Å²) in [4.78, 5) is 0. The highest BCUT2D eigenvalue weighted by Gasteiger charge is 2.00. The first-order chi connectivity index (χ1) is 7.31. The first-order valence-corrected chi connectivity index (χ1v) is 4.82. The second kappa shape index (κ2) is 4.14. The van der Waals surface area contributed by atoms with Crippen molar-refractivity contribution in [3.05, 3.63) is 42.7 Å². The van der Waals surface area contributed by atoms with E-state index >= 15 is 0 Å². The molecule has 0 saturated heterocycles. The minimum Gasteiger partial charge on any atom is -0.312 e. The maximum absolute atomic E-state index is 4.19. The summed E-state index contributed by atoms with van der Waals surface area (Å²) in [5, 5.41) is 6.14. The molecule has 0 fully saturated rings. The van der Waals surface area contributed by atoms with Gasteiger partial charge in [-0.25, -0.2) is 10.1 Å². The van der Waals surface area contributed by atoms with Crippen LogP contribution in [0, 0.1) is 0 Å². The quantitative estimate of drug-likeness (QED) is 0.765. The van der Waals surface area contributed by atoms with Gasteiger partial charge in [0.05, 0.1) is 11.4 Å². The van der Waals surface area contributed by atoms with Crippen LogP contribution < -0.4 is 10.4 Å². The molecule has 1 aromatic carbocycles. The molecule has 0 saturated carbocycles. The maximum Gasteiger partial charge on any atom is 0.0666 e. The molecule has 1 aromatic heterocycles. The van der Waals surface area contributed by atoms with Crippen molar-refractivity contribution in [2.24, 2.45) is 0 Å². The molecule has 4 heteroatoms. The number of hydrogen-bond donors (Lipinski definition) is 1. The van der Waals surface area contributed by atoms with Crippen LogP contribution in [0.25, 0.3) is 5.69 Å². The Labute approximate surface area is 89.1 Å². The molecule has 2 rings (SSSR count). The van der Waals surface area contributed by atoms with Gasteiger partial charge in [-0.2, -0.15) is 5.10 Å². The minimum atomic E-state index is 1.06. The molecule has 0 unspecified atom stereocenters. The third kappa shape index (κ3) is 1.99. The lowest BCUT2D eigenvalue weighted by atomic mass is 10.3. The normalized spacial score (nSPS) is 10.3. The van der Waals surface area contributed by atoms with E-state index in [-0.39, 0.29) is 0 Å². The smallest absolute Gasteiger partial charge is 0.0666 e. The number of nitrogens with one attached hydrogen (secondary N) is 1. The van der Waals surface area contributed by atoms with Gasteiger partial charge in [0.2, 0.25) is 0 Å². The number of rotatable bonds is 3. The monoisotopic (exact) mass is 202 g/mol. The number of anilines is 1. The van der Waals surface area contributed by atoms with Gasteiger partial charge in [0.25, 0.3) is 0 Å². The Morgan fingerprint density at radius 3 is 2.87 bits per heavy atom. The Bertz CT molecular complexity index is 422. The zero-order chi connectivity index (χ0) is 10.7. The predicted octanol–water partition coefficient (Wildman–Crippen LogP) is 1.44. The lowest BCUT2D eigenvalue weighted by Crippen LogP contribution is -2.30. The SMILES string of the molecule is CNN(C)c1cccc(-n2cccn2)c1. The molecule has 1 N–H and O–H groups in total. The first kappa shape index (κ1) is 9.73. The third-order valence-electron chi connectivity index (χ3n) is 2.32. The van der Waals surface area contributed by atoms with Gasteiger partial charge in [0, 0.05) is 26.5 Å². The summed E-state index contributed by atoms with van der Waals surface area (Å²) in [5.74, 6) is 0. The standard InChI is InChI=1S/C11H14N4/c1-12-14(2)10-5-3-6-11(9-10)15-8-4-7-13-15/h3-9,12H,1-2H3. The molecule has 0 aliphatic rings. The number of aromatic nitrogens is 2. The van der Waals surface area contributed by atoms with Crippen LogP contribution in [0.15, 0.2) is 42.7 Å². The molecular formula is C11H14N4. The van der Waals surface area contributed by atoms with Crippen molar-refractivity contribution in [3.8, 4) is 5.69 Å². The van der Waals surface area contributed by atoms with Gasteiger partial charge in [0.15, 0.2) is 0 Å². The highest BCUT2D eigenvalue weighted by molar-refractivity contribution is 5.51. The molecule has 2 aromatic rings. The van der Waals surface area contributed by atoms with Gasteiger partial charge in [-0.1, -0.05) is 6.07 Å². The van der Waals surface area contributed by atoms with E-state index in [0.29, 0.717) is 0 Å². The number of hydrogen-bond acceptors (Lipinski definition) is 3. The van der Waals surface area contributed by atoms with Gasteiger partial charge in [-0.3, -0.25) is 0 Å². The molecule has 0 atom stereocenters. The molecule has 15 heavy (non-hydrogen) atoms. The lowest BCUT2D eigenvalue weighted by Gasteiger charge is -2.18. The van der Waals surface area contributed by atoms with E-state index in [1.165, 1.54) is 0 Å². The van der Waals surface area contributed by atoms with E-state index in [9.17, 15) is 0 Å². The van der Waals surface area contributed by atoms with Crippen molar-refractivity contribution >= 4 is 5.69 Å². The van der Waals surface area contributed by atoms with Crippen LogP contribution in [-0.2, 0) is 0 Å². The number of benzene rings is 1. The zero-order valence-corrected chi connectivity index (χ0v) is 8.88. The topological polar surface area (TPSA) is 33.1 Å². The summed E-state index contributed by atoms with van der Waals surface area (Å²) in [5.41, 5.74) is 5.21. The fraction of sp³-hybridized carbons (Fsp3) is 0.182. The van der Waals surface area contributed by atoms with Crippen LogP contribution in [0.1, 0.15) is 0 Å². The zero-order valence-electron chi connectivity index (χ0n) is 8.88. The van der Waals surface area contributed by atoms with Crippen LogP contribution in [0.3, 0.4) is 0 Å². The van der Waals surface area contributed by atoms with Gasteiger partial charge in [0.1, 0.15) is 0 Å². The summed E-state index contributed by atoms with van der Waals surface area (Å²) < 4.78 is 1.84. The summed E-state index contributed by atoms with van der Waals surface area (Å²) in [6, 6.07) is 10.1. The Hall–Kier alpha value is -1.81. The lowest BCUT2D eigenvalue weighted by molar-refractivity contribution is 0.789. The van der Waals surface area contributed by atoms with Crippen molar-refractivity contribution < 1.29 is 0 Å². The van der Waals surface area contributed by atoms with Gasteiger partial charge < -0.3 is 5.01 Å². The summed E-state index contributed by atoms with van der Waals surface area (Å²) in [6.45, 7) is 0. The van der Waals surface area contributed by atoms with E-state index in [1.54, 1.807) is 6.20 Å². The fourth-order valence-electron chi connectivity index (χ4n) is 1.39. The number of nitrogens with zero attached hydrogens (tertiary/aromatic N) is 3. The highest BCUT2D eigenvalue weighted by Crippen LogP contribution is 2.15. The van der Waals surface area contributed by atoms with Gasteiger partial charge >= 0.3 is 0 Å². The molecule has 1 heterocycles. The average molecular weight is 202 g/mol. The van der Waals surface area contributed by atoms with E-state index in [2.05, 4.69) is 16.6 Å². The second-order valence-electron chi connectivity index (χ2n) is 3.25. The summed E-state index contributed by atoms with van der Waals surface area (Å²) in [6.07, 6.45) is 3.70. The Kier molecular flexibility index (Phi) is 2.69. The Morgan fingerprint density at radius 1 is 1.33 bits per heavy atom. The number of hydrazine groups is 1. The molecule has 0 amide bonds. The van der Waals surface area contributed by atoms with E-state index < -0.39 is 0 Å². The van der Waals surface area contributed by atoms with Crippen LogP contribution in [-0.4, -0.2) is 23.9 Å². The Morgan fingerprint density at radius 2 is 2.20 bits per heavy atom. The molecule has 0 radical (unpaired) electrons. The minimum absolute atomic E-state index is 1.06. The van der Waals surface area contributed by atoms with Gasteiger partial charge in [-0.15, -0.1) is 0 Å². The molecule has 78 valence electrons. The Balaban J connectivity index is 2.35. The molecule has 0 aliphatic carbocycles. The van der Waals surface area contributed by atoms with E-state index in [1.807, 2.05) is 54.2 Å². The van der Waals surface area contributed by atoms with Crippen LogP contribution in [0.5, 0.6) is 0 Å². The van der Waals surface area contributed by atoms with E-state index in [0.717, 1.165) is 11.4 Å². The molecule has 4 nitrogen and oxygen atoms in total.